The second kappa shape index (κ2) is 5.96. The highest BCUT2D eigenvalue weighted by atomic mass is 19.4. The summed E-state index contributed by atoms with van der Waals surface area (Å²) >= 11 is 0. The maximum Gasteiger partial charge on any atom is 0.416 e. The Morgan fingerprint density at radius 3 is 2.50 bits per heavy atom. The van der Waals surface area contributed by atoms with Crippen molar-refractivity contribution in [1.82, 2.24) is 9.78 Å². The molecule has 1 aromatic heterocycles. The van der Waals surface area contributed by atoms with Gasteiger partial charge in [-0.15, -0.1) is 0 Å². The highest BCUT2D eigenvalue weighted by Gasteiger charge is 2.44. The Morgan fingerprint density at radius 1 is 1.25 bits per heavy atom. The van der Waals surface area contributed by atoms with Gasteiger partial charge in [-0.1, -0.05) is 12.1 Å². The van der Waals surface area contributed by atoms with Crippen molar-refractivity contribution < 1.29 is 18.0 Å². The molecule has 1 saturated carbocycles. The molecule has 7 heteroatoms. The summed E-state index contributed by atoms with van der Waals surface area (Å²) in [7, 11) is 0. The van der Waals surface area contributed by atoms with E-state index in [0.29, 0.717) is 12.2 Å². The molecule has 1 aliphatic rings. The number of hydrogen-bond acceptors (Lipinski definition) is 2. The third-order valence-corrected chi connectivity index (χ3v) is 4.20. The fraction of sp³-hybridized carbons (Fsp3) is 0.412. The maximum absolute atomic E-state index is 12.6. The van der Waals surface area contributed by atoms with Crippen LogP contribution in [-0.2, 0) is 11.0 Å². The first kappa shape index (κ1) is 16.5. The molecule has 3 rings (SSSR count). The first-order valence-electron chi connectivity index (χ1n) is 7.79. The number of halogens is 3. The van der Waals surface area contributed by atoms with Crippen molar-refractivity contribution in [3.05, 3.63) is 47.7 Å². The van der Waals surface area contributed by atoms with Gasteiger partial charge < -0.3 is 5.32 Å². The number of amides is 1. The Bertz CT molecular complexity index is 734. The molecule has 4 nitrogen and oxygen atoms in total. The molecule has 1 aliphatic carbocycles. The predicted molar refractivity (Wildman–Crippen MR) is 83.5 cm³/mol. The Labute approximate surface area is 137 Å². The fourth-order valence-corrected chi connectivity index (χ4v) is 2.82. The number of hydrogen-bond donors (Lipinski definition) is 1. The summed E-state index contributed by atoms with van der Waals surface area (Å²) < 4.78 is 39.5. The highest BCUT2D eigenvalue weighted by Crippen LogP contribution is 2.48. The van der Waals surface area contributed by atoms with E-state index in [2.05, 4.69) is 10.4 Å². The Hall–Kier alpha value is -2.31. The first-order valence-corrected chi connectivity index (χ1v) is 7.79. The summed E-state index contributed by atoms with van der Waals surface area (Å²) in [5, 5.41) is 7.00. The van der Waals surface area contributed by atoms with Gasteiger partial charge in [0.15, 0.2) is 0 Å². The van der Waals surface area contributed by atoms with Crippen molar-refractivity contribution in [3.63, 3.8) is 0 Å². The molecule has 0 radical (unpaired) electrons. The van der Waals surface area contributed by atoms with Crippen molar-refractivity contribution in [2.75, 3.05) is 5.32 Å². The van der Waals surface area contributed by atoms with Gasteiger partial charge in [-0.25, -0.2) is 4.68 Å². The molecule has 0 aliphatic heterocycles. The minimum Gasteiger partial charge on any atom is -0.311 e. The van der Waals surface area contributed by atoms with Gasteiger partial charge in [0.2, 0.25) is 5.91 Å². The second-order valence-electron chi connectivity index (χ2n) is 6.31. The van der Waals surface area contributed by atoms with Gasteiger partial charge in [0, 0.05) is 18.0 Å². The zero-order valence-electron chi connectivity index (χ0n) is 13.3. The van der Waals surface area contributed by atoms with Gasteiger partial charge in [-0.2, -0.15) is 18.3 Å². The minimum absolute atomic E-state index is 0.0253. The Morgan fingerprint density at radius 2 is 1.92 bits per heavy atom. The van der Waals surface area contributed by atoms with Gasteiger partial charge >= 0.3 is 6.18 Å². The van der Waals surface area contributed by atoms with Crippen molar-refractivity contribution in [2.45, 2.75) is 38.4 Å². The molecule has 1 heterocycles. The topological polar surface area (TPSA) is 46.9 Å². The van der Waals surface area contributed by atoms with E-state index < -0.39 is 11.7 Å². The average molecular weight is 337 g/mol. The van der Waals surface area contributed by atoms with Gasteiger partial charge in [-0.3, -0.25) is 4.79 Å². The third kappa shape index (κ3) is 3.29. The van der Waals surface area contributed by atoms with Crippen LogP contribution in [0.2, 0.25) is 0 Å². The van der Waals surface area contributed by atoms with E-state index in [9.17, 15) is 18.0 Å². The van der Waals surface area contributed by atoms with Crippen molar-refractivity contribution in [1.29, 1.82) is 0 Å². The molecule has 0 bridgehead atoms. The average Bonchev–Trinajstić information content (AvgIpc) is 3.18. The molecule has 2 unspecified atom stereocenters. The number of benzene rings is 1. The summed E-state index contributed by atoms with van der Waals surface area (Å²) in [5.74, 6) is 0.273. The molecule has 0 spiro atoms. The smallest absolute Gasteiger partial charge is 0.311 e. The van der Waals surface area contributed by atoms with Crippen LogP contribution in [0.15, 0.2) is 36.5 Å². The Kier molecular flexibility index (Phi) is 4.11. The highest BCUT2D eigenvalue weighted by molar-refractivity contribution is 5.94. The minimum atomic E-state index is -4.34. The number of rotatable bonds is 4. The number of anilines is 1. The van der Waals surface area contributed by atoms with E-state index in [1.165, 1.54) is 12.1 Å². The van der Waals surface area contributed by atoms with Crippen LogP contribution in [0.1, 0.15) is 43.4 Å². The number of carbonyl (C=O) groups is 1. The normalized spacial score (nSPS) is 20.2. The third-order valence-electron chi connectivity index (χ3n) is 4.20. The number of aromatic nitrogens is 2. The summed E-state index contributed by atoms with van der Waals surface area (Å²) in [4.78, 5) is 12.3. The lowest BCUT2D eigenvalue weighted by Crippen LogP contribution is -2.18. The number of nitrogens with zero attached hydrogens (tertiary/aromatic N) is 2. The van der Waals surface area contributed by atoms with E-state index in [1.807, 2.05) is 13.8 Å². The largest absolute Gasteiger partial charge is 0.416 e. The van der Waals surface area contributed by atoms with Crippen LogP contribution in [0, 0.1) is 5.92 Å². The number of carbonyl (C=O) groups excluding carboxylic acids is 1. The van der Waals surface area contributed by atoms with Crippen LogP contribution in [0.3, 0.4) is 0 Å². The van der Waals surface area contributed by atoms with E-state index in [0.717, 1.165) is 17.7 Å². The quantitative estimate of drug-likeness (QED) is 0.908. The summed E-state index contributed by atoms with van der Waals surface area (Å²) in [6.07, 6.45) is -2.07. The molecule has 2 aromatic rings. The van der Waals surface area contributed by atoms with E-state index in [4.69, 9.17) is 0 Å². The fourth-order valence-electron chi connectivity index (χ4n) is 2.82. The van der Waals surface area contributed by atoms with Crippen LogP contribution in [0.4, 0.5) is 19.0 Å². The number of alkyl halides is 3. The lowest BCUT2D eigenvalue weighted by molar-refractivity contribution is -0.137. The lowest BCUT2D eigenvalue weighted by atomic mass is 10.1. The molecular formula is C17H18F3N3O. The van der Waals surface area contributed by atoms with Crippen molar-refractivity contribution >= 4 is 11.7 Å². The van der Waals surface area contributed by atoms with Crippen molar-refractivity contribution in [3.8, 4) is 0 Å². The van der Waals surface area contributed by atoms with Crippen LogP contribution >= 0.6 is 0 Å². The molecule has 2 atom stereocenters. The lowest BCUT2D eigenvalue weighted by Gasteiger charge is -2.12. The Balaban J connectivity index is 1.64. The first-order chi connectivity index (χ1) is 11.3. The predicted octanol–water partition coefficient (Wildman–Crippen LogP) is 4.23. The van der Waals surface area contributed by atoms with Crippen LogP contribution in [0.25, 0.3) is 0 Å². The summed E-state index contributed by atoms with van der Waals surface area (Å²) in [6, 6.07) is 6.90. The van der Waals surface area contributed by atoms with E-state index >= 15 is 0 Å². The van der Waals surface area contributed by atoms with Crippen molar-refractivity contribution in [2.24, 2.45) is 5.92 Å². The molecule has 24 heavy (non-hydrogen) atoms. The standard InChI is InChI=1S/C17H18F3N3O/c1-10(2)23-15(7-8-21-23)22-16(24)14-9-13(14)11-3-5-12(6-4-11)17(18,19)20/h3-8,10,13-14H,9H2,1-2H3,(H,22,24). The van der Waals surface area contributed by atoms with Gasteiger partial charge in [0.05, 0.1) is 11.8 Å². The van der Waals surface area contributed by atoms with Gasteiger partial charge in [0.25, 0.3) is 0 Å². The maximum atomic E-state index is 12.6. The summed E-state index contributed by atoms with van der Waals surface area (Å²) in [6.45, 7) is 3.93. The van der Waals surface area contributed by atoms with E-state index in [1.54, 1.807) is 16.9 Å². The number of nitrogens with one attached hydrogen (secondary N) is 1. The van der Waals surface area contributed by atoms with Crippen LogP contribution < -0.4 is 5.32 Å². The molecule has 1 fully saturated rings. The van der Waals surface area contributed by atoms with Gasteiger partial charge in [-0.05, 0) is 43.9 Å². The molecular weight excluding hydrogens is 319 g/mol. The molecule has 1 N–H and O–H groups in total. The summed E-state index contributed by atoms with van der Waals surface area (Å²) in [5.41, 5.74) is 0.0919. The molecule has 0 saturated heterocycles. The zero-order chi connectivity index (χ0) is 17.5. The van der Waals surface area contributed by atoms with Crippen LogP contribution in [0.5, 0.6) is 0 Å². The molecule has 128 valence electrons. The monoisotopic (exact) mass is 337 g/mol. The molecule has 1 aromatic carbocycles. The second-order valence-corrected chi connectivity index (χ2v) is 6.31. The zero-order valence-corrected chi connectivity index (χ0v) is 13.3. The van der Waals surface area contributed by atoms with E-state index in [-0.39, 0.29) is 23.8 Å². The SMILES string of the molecule is CC(C)n1nccc1NC(=O)C1CC1c1ccc(C(F)(F)F)cc1. The van der Waals surface area contributed by atoms with Gasteiger partial charge in [0.1, 0.15) is 5.82 Å². The molecule has 1 amide bonds. The van der Waals surface area contributed by atoms with Crippen LogP contribution in [-0.4, -0.2) is 15.7 Å².